The predicted octanol–water partition coefficient (Wildman–Crippen LogP) is 3.03. The highest BCUT2D eigenvalue weighted by molar-refractivity contribution is 6.92. The molecule has 1 heterocycles. The third kappa shape index (κ3) is 2.27. The fraction of sp³-hybridized carbons (Fsp3) is 0.438. The number of aldehydes is 1. The van der Waals surface area contributed by atoms with Crippen LogP contribution in [0, 0.1) is 0 Å². The Labute approximate surface area is 116 Å². The van der Waals surface area contributed by atoms with E-state index < -0.39 is 8.07 Å². The van der Waals surface area contributed by atoms with Gasteiger partial charge in [0.1, 0.15) is 12.0 Å². The number of ether oxygens (including phenoxy) is 1. The molecule has 0 amide bonds. The van der Waals surface area contributed by atoms with Crippen LogP contribution >= 0.6 is 0 Å². The van der Waals surface area contributed by atoms with E-state index in [4.69, 9.17) is 4.74 Å². The maximum atomic E-state index is 11.1. The minimum Gasteiger partial charge on any atom is -0.497 e. The van der Waals surface area contributed by atoms with Crippen molar-refractivity contribution in [1.82, 2.24) is 0 Å². The van der Waals surface area contributed by atoms with Crippen molar-refractivity contribution in [2.45, 2.75) is 37.4 Å². The molecule has 3 heteroatoms. The fourth-order valence-corrected chi connectivity index (χ4v) is 8.35. The zero-order chi connectivity index (χ0) is 14.1. The van der Waals surface area contributed by atoms with Crippen molar-refractivity contribution in [2.24, 2.45) is 0 Å². The van der Waals surface area contributed by atoms with Gasteiger partial charge in [0.05, 0.1) is 15.2 Å². The molecule has 102 valence electrons. The Kier molecular flexibility index (Phi) is 3.68. The van der Waals surface area contributed by atoms with Crippen LogP contribution in [0.5, 0.6) is 5.75 Å². The van der Waals surface area contributed by atoms with Crippen LogP contribution in [0.25, 0.3) is 0 Å². The molecule has 19 heavy (non-hydrogen) atoms. The van der Waals surface area contributed by atoms with Gasteiger partial charge in [-0.25, -0.2) is 0 Å². The third-order valence-electron chi connectivity index (χ3n) is 4.44. The molecule has 1 aromatic carbocycles. The third-order valence-corrected chi connectivity index (χ3v) is 8.92. The van der Waals surface area contributed by atoms with E-state index in [-0.39, 0.29) is 5.41 Å². The van der Waals surface area contributed by atoms with Gasteiger partial charge in [-0.2, -0.15) is 0 Å². The second kappa shape index (κ2) is 4.97. The van der Waals surface area contributed by atoms with Crippen LogP contribution in [-0.2, 0) is 10.2 Å². The number of hydrogen-bond donors (Lipinski definition) is 0. The van der Waals surface area contributed by atoms with Crippen molar-refractivity contribution < 1.29 is 9.53 Å². The number of methoxy groups -OCH3 is 1. The lowest BCUT2D eigenvalue weighted by atomic mass is 9.82. The zero-order valence-corrected chi connectivity index (χ0v) is 13.0. The summed E-state index contributed by atoms with van der Waals surface area (Å²) in [6.45, 7) is 8.52. The van der Waals surface area contributed by atoms with Crippen LogP contribution in [0.15, 0.2) is 30.9 Å². The quantitative estimate of drug-likeness (QED) is 0.469. The normalized spacial score (nSPS) is 28.8. The van der Waals surface area contributed by atoms with Gasteiger partial charge < -0.3 is 9.53 Å². The Morgan fingerprint density at radius 1 is 1.53 bits per heavy atom. The number of benzene rings is 1. The number of allylic oxidation sites excluding steroid dienone is 1. The highest BCUT2D eigenvalue weighted by atomic mass is 28.3. The smallest absolute Gasteiger partial charge is 0.120 e. The molecule has 2 rings (SSSR count). The van der Waals surface area contributed by atoms with Gasteiger partial charge >= 0.3 is 0 Å². The summed E-state index contributed by atoms with van der Waals surface area (Å²) in [5.41, 5.74) is 1.28. The minimum atomic E-state index is -1.55. The van der Waals surface area contributed by atoms with Crippen LogP contribution in [0.1, 0.15) is 18.9 Å². The first-order valence-corrected chi connectivity index (χ1v) is 9.64. The molecule has 1 aliphatic heterocycles. The Balaban J connectivity index is 2.57. The molecule has 0 unspecified atom stereocenters. The van der Waals surface area contributed by atoms with Gasteiger partial charge in [-0.05, 0) is 35.2 Å². The Morgan fingerprint density at radius 2 is 2.26 bits per heavy atom. The maximum absolute atomic E-state index is 11.1. The summed E-state index contributed by atoms with van der Waals surface area (Å²) in [5.74, 6) is 0.882. The van der Waals surface area contributed by atoms with Gasteiger partial charge in [0.2, 0.25) is 0 Å². The molecule has 0 N–H and O–H groups in total. The second-order valence-electron chi connectivity index (χ2n) is 6.07. The largest absolute Gasteiger partial charge is 0.497 e. The summed E-state index contributed by atoms with van der Waals surface area (Å²) < 4.78 is 5.35. The molecule has 1 aromatic rings. The molecule has 2 nitrogen and oxygen atoms in total. The summed E-state index contributed by atoms with van der Waals surface area (Å²) in [6.07, 6.45) is 3.68. The molecule has 0 saturated heterocycles. The lowest BCUT2D eigenvalue weighted by molar-refractivity contribution is -0.108. The maximum Gasteiger partial charge on any atom is 0.120 e. The van der Waals surface area contributed by atoms with E-state index in [1.165, 1.54) is 10.8 Å². The molecule has 0 saturated carbocycles. The molecule has 0 spiro atoms. The average Bonchev–Trinajstić information content (AvgIpc) is 2.59. The summed E-state index contributed by atoms with van der Waals surface area (Å²) in [7, 11) is 0.141. The van der Waals surface area contributed by atoms with Crippen molar-refractivity contribution in [2.75, 3.05) is 7.11 Å². The molecule has 2 atom stereocenters. The molecule has 0 aromatic heterocycles. The first-order chi connectivity index (χ1) is 8.99. The van der Waals surface area contributed by atoms with E-state index in [0.717, 1.165) is 24.1 Å². The molecular weight excluding hydrogens is 252 g/mol. The Hall–Kier alpha value is -1.35. The average molecular weight is 274 g/mol. The van der Waals surface area contributed by atoms with Crippen LogP contribution < -0.4 is 9.92 Å². The zero-order valence-electron chi connectivity index (χ0n) is 12.0. The monoisotopic (exact) mass is 274 g/mol. The van der Waals surface area contributed by atoms with Gasteiger partial charge in [-0.1, -0.05) is 30.8 Å². The second-order valence-corrected chi connectivity index (χ2v) is 10.5. The SMILES string of the molecule is C=CC[Si@@]1(C)C[C@@](C)(CC=O)c2cc(OC)ccc21. The van der Waals surface area contributed by atoms with E-state index >= 15 is 0 Å². The van der Waals surface area contributed by atoms with E-state index in [0.29, 0.717) is 6.42 Å². The van der Waals surface area contributed by atoms with E-state index in [2.05, 4.69) is 32.2 Å². The first-order valence-electron chi connectivity index (χ1n) is 6.73. The topological polar surface area (TPSA) is 26.3 Å². The van der Waals surface area contributed by atoms with E-state index in [1.807, 2.05) is 12.1 Å². The Morgan fingerprint density at radius 3 is 2.84 bits per heavy atom. The van der Waals surface area contributed by atoms with E-state index in [1.54, 1.807) is 7.11 Å². The van der Waals surface area contributed by atoms with Gasteiger partial charge in [0, 0.05) is 6.42 Å². The summed E-state index contributed by atoms with van der Waals surface area (Å²) in [6, 6.07) is 8.56. The van der Waals surface area contributed by atoms with Crippen molar-refractivity contribution >= 4 is 19.5 Å². The van der Waals surface area contributed by atoms with Crippen LogP contribution in [-0.4, -0.2) is 21.5 Å². The van der Waals surface area contributed by atoms with Gasteiger partial charge in [-0.15, -0.1) is 6.58 Å². The van der Waals surface area contributed by atoms with Crippen molar-refractivity contribution in [3.05, 3.63) is 36.4 Å². The van der Waals surface area contributed by atoms with Gasteiger partial charge in [0.15, 0.2) is 0 Å². The molecule has 0 aliphatic carbocycles. The van der Waals surface area contributed by atoms with Gasteiger partial charge in [0.25, 0.3) is 0 Å². The number of rotatable bonds is 5. The molecule has 0 fully saturated rings. The summed E-state index contributed by atoms with van der Waals surface area (Å²) >= 11 is 0. The highest BCUT2D eigenvalue weighted by Crippen LogP contribution is 2.44. The van der Waals surface area contributed by atoms with Crippen LogP contribution in [0.3, 0.4) is 0 Å². The fourth-order valence-electron chi connectivity index (χ4n) is 3.59. The highest BCUT2D eigenvalue weighted by Gasteiger charge is 2.47. The lowest BCUT2D eigenvalue weighted by Gasteiger charge is -2.26. The summed E-state index contributed by atoms with van der Waals surface area (Å²) in [5, 5.41) is 1.47. The molecule has 0 radical (unpaired) electrons. The van der Waals surface area contributed by atoms with Gasteiger partial charge in [-0.3, -0.25) is 0 Å². The predicted molar refractivity (Wildman–Crippen MR) is 82.1 cm³/mol. The Bertz CT molecular complexity index is 511. The number of fused-ring (bicyclic) bond motifs is 1. The summed E-state index contributed by atoms with van der Waals surface area (Å²) in [4.78, 5) is 11.1. The number of carbonyl (C=O) groups is 1. The molecular formula is C16H22O2Si. The standard InChI is InChI=1S/C16H22O2Si/c1-5-10-19(4)12-16(2,8-9-17)14-11-13(18-3)6-7-15(14)19/h5-7,9,11H,1,8,10,12H2,2-4H3/t16-,19+/m1/s1. The van der Waals surface area contributed by atoms with Crippen molar-refractivity contribution in [3.63, 3.8) is 0 Å². The van der Waals surface area contributed by atoms with Crippen LogP contribution in [0.2, 0.25) is 18.6 Å². The molecule has 1 aliphatic rings. The van der Waals surface area contributed by atoms with Crippen molar-refractivity contribution in [1.29, 1.82) is 0 Å². The minimum absolute atomic E-state index is 0.0321. The first kappa shape index (κ1) is 14.1. The van der Waals surface area contributed by atoms with Crippen LogP contribution in [0.4, 0.5) is 0 Å². The number of hydrogen-bond acceptors (Lipinski definition) is 2. The number of carbonyl (C=O) groups excluding carboxylic acids is 1. The lowest BCUT2D eigenvalue weighted by Crippen LogP contribution is -2.41. The van der Waals surface area contributed by atoms with Crippen molar-refractivity contribution in [3.8, 4) is 5.75 Å². The van der Waals surface area contributed by atoms with E-state index in [9.17, 15) is 4.79 Å². The molecule has 0 bridgehead atoms.